The normalized spacial score (nSPS) is 14.0. The first kappa shape index (κ1) is 12.9. The zero-order chi connectivity index (χ0) is 9.99. The zero-order valence-electron chi connectivity index (χ0n) is 8.69. The summed E-state index contributed by atoms with van der Waals surface area (Å²) in [7, 11) is -4.53. The maximum atomic E-state index is 5.98. The second kappa shape index (κ2) is 4.39. The highest BCUT2D eigenvalue weighted by Gasteiger charge is 2.28. The molecule has 0 N–H and O–H groups in total. The number of halogens is 1. The van der Waals surface area contributed by atoms with Crippen LogP contribution in [0.3, 0.4) is 0 Å². The Morgan fingerprint density at radius 2 is 1.08 bits per heavy atom. The van der Waals surface area contributed by atoms with Gasteiger partial charge in [-0.25, -0.2) is 0 Å². The van der Waals surface area contributed by atoms with Crippen molar-refractivity contribution in [1.82, 2.24) is 0 Å². The number of hydrogen-bond donors (Lipinski definition) is 0. The highest BCUT2D eigenvalue weighted by Crippen LogP contribution is 2.13. The van der Waals surface area contributed by atoms with Gasteiger partial charge in [0.15, 0.2) is 16.6 Å². The molecule has 0 aromatic heterocycles. The van der Waals surface area contributed by atoms with Gasteiger partial charge >= 0.3 is 8.59 Å². The summed E-state index contributed by atoms with van der Waals surface area (Å²) in [5.41, 5.74) is 0. The Hall–Kier alpha value is 0.861. The third kappa shape index (κ3) is 8.95. The van der Waals surface area contributed by atoms with Crippen LogP contribution in [0.4, 0.5) is 0 Å². The van der Waals surface area contributed by atoms with E-state index >= 15 is 0 Å². The van der Waals surface area contributed by atoms with E-state index in [0.717, 1.165) is 0 Å². The molecule has 0 bridgehead atoms. The minimum Gasteiger partial charge on any atom is -0.424 e. The standard InChI is InChI=1S/C6H18ClO2Si3/c1-11(2,3)8-10(7)9-12(4,5)6/h1-6H3. The van der Waals surface area contributed by atoms with Gasteiger partial charge < -0.3 is 8.23 Å². The van der Waals surface area contributed by atoms with Crippen LogP contribution in [0, 0.1) is 0 Å². The highest BCUT2D eigenvalue weighted by molar-refractivity contribution is 7.05. The maximum Gasteiger partial charge on any atom is 0.483 e. The quantitative estimate of drug-likeness (QED) is 0.557. The topological polar surface area (TPSA) is 18.5 Å². The van der Waals surface area contributed by atoms with Crippen molar-refractivity contribution in [1.29, 1.82) is 0 Å². The summed E-state index contributed by atoms with van der Waals surface area (Å²) in [6.45, 7) is 12.7. The maximum absolute atomic E-state index is 5.98. The molecule has 6 heteroatoms. The molecule has 0 fully saturated rings. The average Bonchev–Trinajstić information content (AvgIpc) is 1.49. The van der Waals surface area contributed by atoms with Gasteiger partial charge in [0.2, 0.25) is 0 Å². The lowest BCUT2D eigenvalue weighted by Gasteiger charge is -2.25. The molecule has 0 aliphatic heterocycles. The van der Waals surface area contributed by atoms with E-state index in [0.29, 0.717) is 0 Å². The molecule has 0 saturated heterocycles. The lowest BCUT2D eigenvalue weighted by molar-refractivity contribution is 0.445. The Morgan fingerprint density at radius 1 is 0.833 bits per heavy atom. The minimum absolute atomic E-state index is 1.51. The van der Waals surface area contributed by atoms with Gasteiger partial charge in [-0.05, 0) is 39.3 Å². The van der Waals surface area contributed by atoms with Crippen LogP contribution in [-0.4, -0.2) is 25.2 Å². The molecule has 0 aliphatic rings. The molecule has 12 heavy (non-hydrogen) atoms. The summed E-state index contributed by atoms with van der Waals surface area (Å²) >= 11 is 5.98. The largest absolute Gasteiger partial charge is 0.483 e. The molecule has 0 aromatic carbocycles. The van der Waals surface area contributed by atoms with E-state index in [9.17, 15) is 0 Å². The van der Waals surface area contributed by atoms with Gasteiger partial charge in [-0.2, -0.15) is 0 Å². The Labute approximate surface area is 84.0 Å². The van der Waals surface area contributed by atoms with Crippen molar-refractivity contribution < 1.29 is 8.23 Å². The highest BCUT2D eigenvalue weighted by atomic mass is 35.6. The van der Waals surface area contributed by atoms with E-state index in [-0.39, 0.29) is 0 Å². The molecule has 2 nitrogen and oxygen atoms in total. The fraction of sp³-hybridized carbons (Fsp3) is 1.00. The Kier molecular flexibility index (Phi) is 4.70. The van der Waals surface area contributed by atoms with Crippen LogP contribution in [-0.2, 0) is 8.23 Å². The van der Waals surface area contributed by atoms with Crippen molar-refractivity contribution in [2.24, 2.45) is 0 Å². The predicted molar refractivity (Wildman–Crippen MR) is 60.5 cm³/mol. The lowest BCUT2D eigenvalue weighted by atomic mass is 11.8. The molecule has 0 spiro atoms. The van der Waals surface area contributed by atoms with Crippen LogP contribution in [0.15, 0.2) is 0 Å². The van der Waals surface area contributed by atoms with Crippen molar-refractivity contribution in [2.45, 2.75) is 39.3 Å². The first-order valence-corrected chi connectivity index (χ1v) is 13.2. The summed E-state index contributed by atoms with van der Waals surface area (Å²) in [6, 6.07) is 0. The fourth-order valence-electron chi connectivity index (χ4n) is 0.502. The van der Waals surface area contributed by atoms with Crippen molar-refractivity contribution in [3.8, 4) is 0 Å². The summed E-state index contributed by atoms with van der Waals surface area (Å²) in [5, 5.41) is 0. The van der Waals surface area contributed by atoms with Crippen LogP contribution >= 0.6 is 11.1 Å². The van der Waals surface area contributed by atoms with Crippen molar-refractivity contribution in [3.05, 3.63) is 0 Å². The number of rotatable bonds is 4. The van der Waals surface area contributed by atoms with Crippen molar-refractivity contribution >= 4 is 36.3 Å². The molecule has 0 unspecified atom stereocenters. The molecule has 0 amide bonds. The Bertz CT molecular complexity index is 125. The van der Waals surface area contributed by atoms with Crippen LogP contribution in [0.2, 0.25) is 39.3 Å². The summed E-state index contributed by atoms with van der Waals surface area (Å²) < 4.78 is 11.3. The van der Waals surface area contributed by atoms with Gasteiger partial charge in [0, 0.05) is 0 Å². The predicted octanol–water partition coefficient (Wildman–Crippen LogP) is 2.91. The molecule has 73 valence electrons. The second-order valence-electron chi connectivity index (χ2n) is 4.67. The van der Waals surface area contributed by atoms with Gasteiger partial charge in [0.05, 0.1) is 0 Å². The van der Waals surface area contributed by atoms with E-state index in [1.165, 1.54) is 0 Å². The Morgan fingerprint density at radius 3 is 1.25 bits per heavy atom. The zero-order valence-corrected chi connectivity index (χ0v) is 12.5. The van der Waals surface area contributed by atoms with E-state index in [2.05, 4.69) is 39.3 Å². The summed E-state index contributed by atoms with van der Waals surface area (Å²) in [6.07, 6.45) is 0. The van der Waals surface area contributed by atoms with Gasteiger partial charge in [-0.15, -0.1) is 0 Å². The molecular formula is C6H18ClO2Si3. The monoisotopic (exact) mass is 241 g/mol. The molecule has 1 radical (unpaired) electrons. The van der Waals surface area contributed by atoms with E-state index in [4.69, 9.17) is 19.3 Å². The van der Waals surface area contributed by atoms with Crippen LogP contribution in [0.25, 0.3) is 0 Å². The third-order valence-electron chi connectivity index (χ3n) is 0.773. The van der Waals surface area contributed by atoms with E-state index < -0.39 is 25.2 Å². The third-order valence-corrected chi connectivity index (χ3v) is 8.34. The molecule has 0 saturated carbocycles. The van der Waals surface area contributed by atoms with Crippen LogP contribution in [0.1, 0.15) is 0 Å². The van der Waals surface area contributed by atoms with E-state index in [1.807, 2.05) is 0 Å². The molecular weight excluding hydrogens is 224 g/mol. The second-order valence-corrected chi connectivity index (χ2v) is 16.2. The van der Waals surface area contributed by atoms with E-state index in [1.54, 1.807) is 0 Å². The van der Waals surface area contributed by atoms with Crippen LogP contribution in [0.5, 0.6) is 0 Å². The summed E-state index contributed by atoms with van der Waals surface area (Å²) in [5.74, 6) is 0. The Balaban J connectivity index is 3.83. The minimum atomic E-state index is -1.51. The first-order chi connectivity index (χ1) is 5.10. The van der Waals surface area contributed by atoms with Gasteiger partial charge in [-0.1, -0.05) is 11.1 Å². The van der Waals surface area contributed by atoms with Gasteiger partial charge in [0.25, 0.3) is 0 Å². The fourth-order valence-corrected chi connectivity index (χ4v) is 9.06. The average molecular weight is 242 g/mol. The van der Waals surface area contributed by atoms with Crippen molar-refractivity contribution in [3.63, 3.8) is 0 Å². The van der Waals surface area contributed by atoms with Crippen LogP contribution < -0.4 is 0 Å². The van der Waals surface area contributed by atoms with Gasteiger partial charge in [-0.3, -0.25) is 0 Å². The smallest absolute Gasteiger partial charge is 0.424 e. The molecule has 0 rings (SSSR count). The lowest BCUT2D eigenvalue weighted by Crippen LogP contribution is -2.40. The molecule has 0 atom stereocenters. The van der Waals surface area contributed by atoms with Gasteiger partial charge in [0.1, 0.15) is 0 Å². The SMILES string of the molecule is C[Si](C)(C)O[Si](Cl)O[Si](C)(C)C. The van der Waals surface area contributed by atoms with Crippen molar-refractivity contribution in [2.75, 3.05) is 0 Å². The summed E-state index contributed by atoms with van der Waals surface area (Å²) in [4.78, 5) is 0. The molecule has 0 aromatic rings. The molecule has 0 heterocycles. The first-order valence-electron chi connectivity index (χ1n) is 4.01. The molecule has 0 aliphatic carbocycles. The number of hydrogen-bond acceptors (Lipinski definition) is 2.